The number of fused-ring (bicyclic) bond motifs is 1. The maximum Gasteiger partial charge on any atom is 0.264 e. The summed E-state index contributed by atoms with van der Waals surface area (Å²) in [6.07, 6.45) is 0.758. The van der Waals surface area contributed by atoms with Crippen LogP contribution in [0.1, 0.15) is 41.8 Å². The number of carbonyl (C=O) groups is 2. The van der Waals surface area contributed by atoms with Crippen LogP contribution in [0.2, 0.25) is 0 Å². The number of hydrogen-bond donors (Lipinski definition) is 2. The molecule has 27 heavy (non-hydrogen) atoms. The largest absolute Gasteiger partial charge is 0.345 e. The van der Waals surface area contributed by atoms with E-state index >= 15 is 0 Å². The fourth-order valence-electron chi connectivity index (χ4n) is 2.96. The lowest BCUT2D eigenvalue weighted by atomic mass is 10.0. The van der Waals surface area contributed by atoms with Crippen molar-refractivity contribution in [3.63, 3.8) is 0 Å². The summed E-state index contributed by atoms with van der Waals surface area (Å²) in [4.78, 5) is 34.9. The van der Waals surface area contributed by atoms with Crippen molar-refractivity contribution in [3.05, 3.63) is 52.5 Å². The van der Waals surface area contributed by atoms with Crippen LogP contribution in [0.4, 0.5) is 0 Å². The standard InChI is InChI=1S/C20H24N4O2S/c1-13(2)11-16(19-22-14-7-4-5-8-15(14)23-19)21-18(25)12-24(3)20(26)17-9-6-10-27-17/h4-10,13,16H,11-12H2,1-3H3,(H,21,25)(H,22,23). The average Bonchev–Trinajstić information content (AvgIpc) is 3.29. The smallest absolute Gasteiger partial charge is 0.264 e. The van der Waals surface area contributed by atoms with Crippen LogP contribution in [0.5, 0.6) is 0 Å². The highest BCUT2D eigenvalue weighted by molar-refractivity contribution is 7.12. The number of nitrogens with zero attached hydrogens (tertiary/aromatic N) is 2. The van der Waals surface area contributed by atoms with Crippen LogP contribution < -0.4 is 5.32 Å². The summed E-state index contributed by atoms with van der Waals surface area (Å²) >= 11 is 1.37. The van der Waals surface area contributed by atoms with E-state index in [1.54, 1.807) is 13.1 Å². The molecule has 0 saturated heterocycles. The molecule has 0 aliphatic rings. The summed E-state index contributed by atoms with van der Waals surface area (Å²) in [5.41, 5.74) is 1.82. The Hall–Kier alpha value is -2.67. The van der Waals surface area contributed by atoms with Crippen LogP contribution in [0.3, 0.4) is 0 Å². The molecule has 7 heteroatoms. The molecule has 0 aliphatic carbocycles. The van der Waals surface area contributed by atoms with Crippen molar-refractivity contribution in [2.45, 2.75) is 26.3 Å². The number of thiophene rings is 1. The van der Waals surface area contributed by atoms with E-state index < -0.39 is 0 Å². The lowest BCUT2D eigenvalue weighted by molar-refractivity contribution is -0.122. The number of hydrogen-bond acceptors (Lipinski definition) is 4. The molecule has 2 heterocycles. The first-order chi connectivity index (χ1) is 12.9. The topological polar surface area (TPSA) is 78.1 Å². The first-order valence-corrected chi connectivity index (χ1v) is 9.85. The lowest BCUT2D eigenvalue weighted by Gasteiger charge is -2.21. The molecule has 2 amide bonds. The number of benzene rings is 1. The Kier molecular flexibility index (Phi) is 5.91. The quantitative estimate of drug-likeness (QED) is 0.653. The third-order valence-electron chi connectivity index (χ3n) is 4.24. The van der Waals surface area contributed by atoms with Crippen LogP contribution in [0.25, 0.3) is 11.0 Å². The zero-order valence-corrected chi connectivity index (χ0v) is 16.5. The van der Waals surface area contributed by atoms with Gasteiger partial charge >= 0.3 is 0 Å². The number of imidazole rings is 1. The Balaban J connectivity index is 1.70. The minimum atomic E-state index is -0.227. The molecule has 0 spiro atoms. The summed E-state index contributed by atoms with van der Waals surface area (Å²) in [7, 11) is 1.64. The second-order valence-corrected chi connectivity index (χ2v) is 7.98. The highest BCUT2D eigenvalue weighted by Crippen LogP contribution is 2.22. The van der Waals surface area contributed by atoms with Gasteiger partial charge in [-0.15, -0.1) is 11.3 Å². The van der Waals surface area contributed by atoms with Gasteiger partial charge in [-0.05, 0) is 35.9 Å². The lowest BCUT2D eigenvalue weighted by Crippen LogP contribution is -2.40. The van der Waals surface area contributed by atoms with Gasteiger partial charge in [0.05, 0.1) is 28.5 Å². The van der Waals surface area contributed by atoms with Gasteiger partial charge in [0.2, 0.25) is 5.91 Å². The molecule has 1 unspecified atom stereocenters. The molecule has 0 saturated carbocycles. The van der Waals surface area contributed by atoms with Gasteiger partial charge in [-0.3, -0.25) is 9.59 Å². The monoisotopic (exact) mass is 384 g/mol. The molecule has 0 bridgehead atoms. The van der Waals surface area contributed by atoms with Crippen LogP contribution in [-0.4, -0.2) is 40.3 Å². The fraction of sp³-hybridized carbons (Fsp3) is 0.350. The summed E-state index contributed by atoms with van der Waals surface area (Å²) in [5, 5.41) is 4.88. The van der Waals surface area contributed by atoms with Crippen LogP contribution in [0.15, 0.2) is 41.8 Å². The SMILES string of the molecule is CC(C)CC(NC(=O)CN(C)C(=O)c1cccs1)c1nc2ccccc2[nH]1. The van der Waals surface area contributed by atoms with Gasteiger partial charge in [-0.2, -0.15) is 0 Å². The van der Waals surface area contributed by atoms with Crippen molar-refractivity contribution in [1.82, 2.24) is 20.2 Å². The summed E-state index contributed by atoms with van der Waals surface area (Å²) in [6, 6.07) is 11.2. The van der Waals surface area contributed by atoms with Crippen LogP contribution in [-0.2, 0) is 4.79 Å². The van der Waals surface area contributed by atoms with E-state index in [1.165, 1.54) is 16.2 Å². The number of likely N-dealkylation sites (N-methyl/N-ethyl adjacent to an activating group) is 1. The van der Waals surface area contributed by atoms with Gasteiger partial charge in [0.1, 0.15) is 5.82 Å². The zero-order valence-electron chi connectivity index (χ0n) is 15.7. The first-order valence-electron chi connectivity index (χ1n) is 8.97. The van der Waals surface area contributed by atoms with Gasteiger partial charge in [0, 0.05) is 7.05 Å². The molecular weight excluding hydrogens is 360 g/mol. The maximum absolute atomic E-state index is 12.6. The molecule has 0 aliphatic heterocycles. The van der Waals surface area contributed by atoms with E-state index in [9.17, 15) is 9.59 Å². The number of H-pyrrole nitrogens is 1. The average molecular weight is 385 g/mol. The molecule has 1 atom stereocenters. The van der Waals surface area contributed by atoms with E-state index in [-0.39, 0.29) is 24.4 Å². The van der Waals surface area contributed by atoms with Gasteiger partial charge in [-0.25, -0.2) is 4.98 Å². The number of para-hydroxylation sites is 2. The predicted molar refractivity (Wildman–Crippen MR) is 108 cm³/mol. The van der Waals surface area contributed by atoms with Crippen molar-refractivity contribution >= 4 is 34.2 Å². The van der Waals surface area contributed by atoms with Gasteiger partial charge in [-0.1, -0.05) is 32.0 Å². The minimum Gasteiger partial charge on any atom is -0.345 e. The normalized spacial score (nSPS) is 12.3. The van der Waals surface area contributed by atoms with Crippen molar-refractivity contribution < 1.29 is 9.59 Å². The van der Waals surface area contributed by atoms with Crippen molar-refractivity contribution in [3.8, 4) is 0 Å². The number of amides is 2. The molecule has 0 radical (unpaired) electrons. The number of rotatable bonds is 7. The second-order valence-electron chi connectivity index (χ2n) is 7.03. The molecule has 1 aromatic carbocycles. The van der Waals surface area contributed by atoms with Gasteiger partial charge < -0.3 is 15.2 Å². The molecule has 2 aromatic heterocycles. The van der Waals surface area contributed by atoms with Crippen molar-refractivity contribution in [2.24, 2.45) is 5.92 Å². The van der Waals surface area contributed by atoms with E-state index in [2.05, 4.69) is 29.1 Å². The second kappa shape index (κ2) is 8.35. The van der Waals surface area contributed by atoms with E-state index in [4.69, 9.17) is 0 Å². The third-order valence-corrected chi connectivity index (χ3v) is 5.10. The van der Waals surface area contributed by atoms with Crippen molar-refractivity contribution in [1.29, 1.82) is 0 Å². The predicted octanol–water partition coefficient (Wildman–Crippen LogP) is 3.60. The zero-order chi connectivity index (χ0) is 19.4. The molecule has 0 fully saturated rings. The molecule has 2 N–H and O–H groups in total. The maximum atomic E-state index is 12.6. The Morgan fingerprint density at radius 3 is 2.67 bits per heavy atom. The number of aromatic amines is 1. The molecule has 3 aromatic rings. The summed E-state index contributed by atoms with van der Waals surface area (Å²) in [5.74, 6) is 0.775. The first kappa shape index (κ1) is 19.1. The Bertz CT molecular complexity index is 884. The summed E-state index contributed by atoms with van der Waals surface area (Å²) < 4.78 is 0. The Labute approximate surface area is 162 Å². The van der Waals surface area contributed by atoms with Crippen LogP contribution in [0, 0.1) is 5.92 Å². The van der Waals surface area contributed by atoms with Crippen LogP contribution >= 0.6 is 11.3 Å². The highest BCUT2D eigenvalue weighted by Gasteiger charge is 2.22. The molecule has 142 valence electrons. The van der Waals surface area contributed by atoms with Gasteiger partial charge in [0.15, 0.2) is 0 Å². The molecule has 3 rings (SSSR count). The van der Waals surface area contributed by atoms with Crippen molar-refractivity contribution in [2.75, 3.05) is 13.6 Å². The van der Waals surface area contributed by atoms with E-state index in [0.29, 0.717) is 10.8 Å². The minimum absolute atomic E-state index is 0.00551. The highest BCUT2D eigenvalue weighted by atomic mass is 32.1. The van der Waals surface area contributed by atoms with E-state index in [0.717, 1.165) is 23.3 Å². The fourth-order valence-corrected chi connectivity index (χ4v) is 3.68. The number of nitrogens with one attached hydrogen (secondary N) is 2. The molecular formula is C20H24N4O2S. The van der Waals surface area contributed by atoms with E-state index in [1.807, 2.05) is 35.7 Å². The summed E-state index contributed by atoms with van der Waals surface area (Å²) in [6.45, 7) is 4.22. The Morgan fingerprint density at radius 2 is 2.00 bits per heavy atom. The number of carbonyl (C=O) groups excluding carboxylic acids is 2. The molecule has 6 nitrogen and oxygen atoms in total. The number of aromatic nitrogens is 2. The Morgan fingerprint density at radius 1 is 1.22 bits per heavy atom. The third kappa shape index (κ3) is 4.74. The van der Waals surface area contributed by atoms with Gasteiger partial charge in [0.25, 0.3) is 5.91 Å².